The molecular weight excluding hydrogens is 398 g/mol. The van der Waals surface area contributed by atoms with Gasteiger partial charge in [0, 0.05) is 43.8 Å². The van der Waals surface area contributed by atoms with Gasteiger partial charge >= 0.3 is 0 Å². The lowest BCUT2D eigenvalue weighted by molar-refractivity contribution is -0.126. The third-order valence-corrected chi connectivity index (χ3v) is 7.70. The lowest BCUT2D eigenvalue weighted by Crippen LogP contribution is -2.45. The van der Waals surface area contributed by atoms with Crippen molar-refractivity contribution in [1.29, 1.82) is 0 Å². The molecule has 6 nitrogen and oxygen atoms in total. The molecule has 1 unspecified atom stereocenters. The molecule has 1 fully saturated rings. The number of carbonyl (C=O) groups is 1. The van der Waals surface area contributed by atoms with Crippen LogP contribution in [-0.4, -0.2) is 36.3 Å². The number of aryl methyl sites for hydroxylation is 2. The van der Waals surface area contributed by atoms with E-state index in [0.29, 0.717) is 25.9 Å². The van der Waals surface area contributed by atoms with Crippen molar-refractivity contribution in [1.82, 2.24) is 14.2 Å². The van der Waals surface area contributed by atoms with E-state index in [0.717, 1.165) is 16.5 Å². The van der Waals surface area contributed by atoms with Gasteiger partial charge in [0.2, 0.25) is 15.9 Å². The molecule has 1 atom stereocenters. The molecule has 1 aromatic heterocycles. The van der Waals surface area contributed by atoms with Crippen molar-refractivity contribution in [2.75, 3.05) is 13.1 Å². The number of hydrogen-bond donors (Lipinski definition) is 1. The molecule has 4 rings (SSSR count). The van der Waals surface area contributed by atoms with E-state index in [4.69, 9.17) is 0 Å². The molecule has 3 aromatic rings. The summed E-state index contributed by atoms with van der Waals surface area (Å²) in [5, 5.41) is 3.86. The Balaban J connectivity index is 1.45. The van der Waals surface area contributed by atoms with E-state index in [-0.39, 0.29) is 23.3 Å². The lowest BCUT2D eigenvalue weighted by Gasteiger charge is -2.31. The van der Waals surface area contributed by atoms with Crippen LogP contribution in [0.1, 0.15) is 24.0 Å². The molecule has 1 aliphatic rings. The van der Waals surface area contributed by atoms with Gasteiger partial charge in [-0.2, -0.15) is 4.31 Å². The summed E-state index contributed by atoms with van der Waals surface area (Å²) >= 11 is 0. The first-order chi connectivity index (χ1) is 14.3. The van der Waals surface area contributed by atoms with Gasteiger partial charge in [0.25, 0.3) is 0 Å². The number of amides is 1. The highest BCUT2D eigenvalue weighted by molar-refractivity contribution is 7.89. The minimum atomic E-state index is -3.64. The number of nitrogens with one attached hydrogen (secondary N) is 1. The Morgan fingerprint density at radius 3 is 2.67 bits per heavy atom. The molecule has 158 valence electrons. The van der Waals surface area contributed by atoms with Crippen molar-refractivity contribution in [3.8, 4) is 0 Å². The fourth-order valence-electron chi connectivity index (χ4n) is 3.98. The maximum Gasteiger partial charge on any atom is 0.243 e. The molecule has 7 heteroatoms. The zero-order valence-electron chi connectivity index (χ0n) is 17.3. The number of sulfonamides is 1. The minimum Gasteiger partial charge on any atom is -0.352 e. The van der Waals surface area contributed by atoms with Crippen molar-refractivity contribution >= 4 is 26.8 Å². The third kappa shape index (κ3) is 4.13. The molecule has 1 N–H and O–H groups in total. The highest BCUT2D eigenvalue weighted by Crippen LogP contribution is 2.26. The normalized spacial score (nSPS) is 17.9. The second-order valence-corrected chi connectivity index (χ2v) is 9.99. The van der Waals surface area contributed by atoms with Crippen LogP contribution in [0.15, 0.2) is 59.6 Å². The zero-order chi connectivity index (χ0) is 21.3. The molecule has 0 radical (unpaired) electrons. The van der Waals surface area contributed by atoms with Crippen LogP contribution in [0.3, 0.4) is 0 Å². The first kappa shape index (κ1) is 20.6. The summed E-state index contributed by atoms with van der Waals surface area (Å²) in [4.78, 5) is 13.0. The van der Waals surface area contributed by atoms with Gasteiger partial charge in [-0.1, -0.05) is 29.8 Å². The predicted molar refractivity (Wildman–Crippen MR) is 117 cm³/mol. The standard InChI is InChI=1S/C23H27N3O3S/c1-17-5-7-18(8-6-17)15-24-23(27)20-4-3-12-26(16-20)30(28,29)21-9-10-22-19(14-21)11-13-25(22)2/h5-11,13-14,20H,3-4,12,15-16H2,1-2H3,(H,24,27). The Hall–Kier alpha value is -2.64. The minimum absolute atomic E-state index is 0.0889. The van der Waals surface area contributed by atoms with Crippen molar-refractivity contribution in [2.45, 2.75) is 31.2 Å². The van der Waals surface area contributed by atoms with Crippen LogP contribution < -0.4 is 5.32 Å². The number of aromatic nitrogens is 1. The van der Waals surface area contributed by atoms with Crippen LogP contribution in [0.5, 0.6) is 0 Å². The van der Waals surface area contributed by atoms with Crippen molar-refractivity contribution in [3.05, 3.63) is 65.9 Å². The molecular formula is C23H27N3O3S. The van der Waals surface area contributed by atoms with Crippen LogP contribution in [0.2, 0.25) is 0 Å². The van der Waals surface area contributed by atoms with Gasteiger partial charge in [-0.3, -0.25) is 4.79 Å². The highest BCUT2D eigenvalue weighted by Gasteiger charge is 2.33. The summed E-state index contributed by atoms with van der Waals surface area (Å²) in [5.41, 5.74) is 3.19. The summed E-state index contributed by atoms with van der Waals surface area (Å²) in [5.74, 6) is -0.423. The SMILES string of the molecule is Cc1ccc(CNC(=O)C2CCCN(S(=O)(=O)c3ccc4c(ccn4C)c3)C2)cc1. The van der Waals surface area contributed by atoms with Gasteiger partial charge in [0.1, 0.15) is 0 Å². The fourth-order valence-corrected chi connectivity index (χ4v) is 5.54. The van der Waals surface area contributed by atoms with Crippen molar-refractivity contribution in [2.24, 2.45) is 13.0 Å². The summed E-state index contributed by atoms with van der Waals surface area (Å²) in [6.07, 6.45) is 3.29. The van der Waals surface area contributed by atoms with E-state index in [1.165, 1.54) is 9.87 Å². The molecule has 2 heterocycles. The maximum atomic E-state index is 13.2. The quantitative estimate of drug-likeness (QED) is 0.682. The Morgan fingerprint density at radius 1 is 1.13 bits per heavy atom. The molecule has 1 amide bonds. The van der Waals surface area contributed by atoms with Crippen molar-refractivity contribution in [3.63, 3.8) is 0 Å². The van der Waals surface area contributed by atoms with E-state index in [1.54, 1.807) is 12.1 Å². The average molecular weight is 426 g/mol. The Morgan fingerprint density at radius 2 is 1.90 bits per heavy atom. The van der Waals surface area contributed by atoms with Crippen LogP contribution in [-0.2, 0) is 28.4 Å². The van der Waals surface area contributed by atoms with Gasteiger partial charge in [0.15, 0.2) is 0 Å². The molecule has 1 saturated heterocycles. The second kappa shape index (κ2) is 8.24. The number of nitrogens with zero attached hydrogens (tertiary/aromatic N) is 2. The third-order valence-electron chi connectivity index (χ3n) is 5.84. The number of carbonyl (C=O) groups excluding carboxylic acids is 1. The Bertz CT molecular complexity index is 1170. The number of fused-ring (bicyclic) bond motifs is 1. The summed E-state index contributed by atoms with van der Waals surface area (Å²) in [6, 6.07) is 15.1. The van der Waals surface area contributed by atoms with Crippen LogP contribution >= 0.6 is 0 Å². The number of hydrogen-bond acceptors (Lipinski definition) is 3. The van der Waals surface area contributed by atoms with E-state index in [2.05, 4.69) is 5.32 Å². The first-order valence-corrected chi connectivity index (χ1v) is 11.7. The zero-order valence-corrected chi connectivity index (χ0v) is 18.2. The van der Waals surface area contributed by atoms with Gasteiger partial charge in [-0.25, -0.2) is 8.42 Å². The van der Waals surface area contributed by atoms with E-state index in [1.807, 2.05) is 61.1 Å². The van der Waals surface area contributed by atoms with Crippen molar-refractivity contribution < 1.29 is 13.2 Å². The Kier molecular flexibility index (Phi) is 5.66. The molecule has 0 saturated carbocycles. The maximum absolute atomic E-state index is 13.2. The monoisotopic (exact) mass is 425 g/mol. The van der Waals surface area contributed by atoms with E-state index >= 15 is 0 Å². The van der Waals surface area contributed by atoms with Gasteiger partial charge < -0.3 is 9.88 Å². The predicted octanol–water partition coefficient (Wildman–Crippen LogP) is 3.20. The van der Waals surface area contributed by atoms with E-state index in [9.17, 15) is 13.2 Å². The van der Waals surface area contributed by atoms with Gasteiger partial charge in [-0.15, -0.1) is 0 Å². The van der Waals surface area contributed by atoms with E-state index < -0.39 is 10.0 Å². The second-order valence-electron chi connectivity index (χ2n) is 8.05. The first-order valence-electron chi connectivity index (χ1n) is 10.2. The fraction of sp³-hybridized carbons (Fsp3) is 0.348. The molecule has 0 spiro atoms. The smallest absolute Gasteiger partial charge is 0.243 e. The van der Waals surface area contributed by atoms with Gasteiger partial charge in [-0.05, 0) is 49.6 Å². The molecule has 0 aliphatic carbocycles. The summed E-state index contributed by atoms with van der Waals surface area (Å²) in [7, 11) is -1.71. The molecule has 1 aliphatic heterocycles. The largest absolute Gasteiger partial charge is 0.352 e. The number of piperidine rings is 1. The Labute approximate surface area is 177 Å². The lowest BCUT2D eigenvalue weighted by atomic mass is 9.98. The average Bonchev–Trinajstić information content (AvgIpc) is 3.13. The van der Waals surface area contributed by atoms with Crippen LogP contribution in [0.4, 0.5) is 0 Å². The topological polar surface area (TPSA) is 71.4 Å². The summed E-state index contributed by atoms with van der Waals surface area (Å²) in [6.45, 7) is 3.13. The number of rotatable bonds is 5. The van der Waals surface area contributed by atoms with Crippen LogP contribution in [0.25, 0.3) is 10.9 Å². The van der Waals surface area contributed by atoms with Gasteiger partial charge in [0.05, 0.1) is 10.8 Å². The summed E-state index contributed by atoms with van der Waals surface area (Å²) < 4.78 is 29.8. The number of benzene rings is 2. The molecule has 2 aromatic carbocycles. The highest BCUT2D eigenvalue weighted by atomic mass is 32.2. The molecule has 0 bridgehead atoms. The molecule has 30 heavy (non-hydrogen) atoms. The van der Waals surface area contributed by atoms with Crippen LogP contribution in [0, 0.1) is 12.8 Å².